The second kappa shape index (κ2) is 10.5. The lowest BCUT2D eigenvalue weighted by Gasteiger charge is -2.09. The van der Waals surface area contributed by atoms with Crippen molar-refractivity contribution in [1.82, 2.24) is 10.2 Å². The Labute approximate surface area is 155 Å². The normalized spacial score (nSPS) is 10.1. The minimum atomic E-state index is -0.110. The van der Waals surface area contributed by atoms with Gasteiger partial charge in [0.2, 0.25) is 11.0 Å². The SMILES string of the molecule is COCc1nnc(NC(=O)CCCOc2ccc(Cl)cc2C)s1.Cl. The number of hydrogen-bond acceptors (Lipinski definition) is 6. The molecule has 6 nitrogen and oxygen atoms in total. The molecule has 1 aromatic heterocycles. The summed E-state index contributed by atoms with van der Waals surface area (Å²) in [5, 5.41) is 12.4. The van der Waals surface area contributed by atoms with E-state index in [0.29, 0.717) is 36.2 Å². The molecule has 1 N–H and O–H groups in total. The van der Waals surface area contributed by atoms with Crippen molar-refractivity contribution in [3.05, 3.63) is 33.8 Å². The van der Waals surface area contributed by atoms with Crippen LogP contribution in [0.1, 0.15) is 23.4 Å². The van der Waals surface area contributed by atoms with Gasteiger partial charge in [-0.1, -0.05) is 22.9 Å². The third-order valence-corrected chi connectivity index (χ3v) is 3.97. The molecule has 0 unspecified atom stereocenters. The third kappa shape index (κ3) is 6.60. The van der Waals surface area contributed by atoms with E-state index in [1.807, 2.05) is 19.1 Å². The summed E-state index contributed by atoms with van der Waals surface area (Å²) in [5.41, 5.74) is 0.974. The first-order valence-electron chi connectivity index (χ1n) is 7.08. The van der Waals surface area contributed by atoms with Gasteiger partial charge in [-0.05, 0) is 37.1 Å². The molecule has 0 bridgehead atoms. The van der Waals surface area contributed by atoms with Crippen LogP contribution in [0.4, 0.5) is 5.13 Å². The van der Waals surface area contributed by atoms with Gasteiger partial charge in [-0.3, -0.25) is 4.79 Å². The molecule has 24 heavy (non-hydrogen) atoms. The van der Waals surface area contributed by atoms with Crippen molar-refractivity contribution in [1.29, 1.82) is 0 Å². The Morgan fingerprint density at radius 2 is 2.17 bits per heavy atom. The summed E-state index contributed by atoms with van der Waals surface area (Å²) in [6.07, 6.45) is 0.962. The van der Waals surface area contributed by atoms with E-state index in [-0.39, 0.29) is 18.3 Å². The predicted octanol–water partition coefficient (Wildman–Crippen LogP) is 3.87. The molecule has 0 spiro atoms. The van der Waals surface area contributed by atoms with Crippen LogP contribution < -0.4 is 10.1 Å². The van der Waals surface area contributed by atoms with Gasteiger partial charge in [-0.2, -0.15) is 0 Å². The number of benzene rings is 1. The Morgan fingerprint density at radius 1 is 1.38 bits per heavy atom. The van der Waals surface area contributed by atoms with E-state index in [0.717, 1.165) is 16.3 Å². The fourth-order valence-electron chi connectivity index (χ4n) is 1.86. The van der Waals surface area contributed by atoms with Crippen molar-refractivity contribution < 1.29 is 14.3 Å². The molecule has 0 aliphatic carbocycles. The predicted molar refractivity (Wildman–Crippen MR) is 97.4 cm³/mol. The number of aromatic nitrogens is 2. The Kier molecular flexibility index (Phi) is 8.99. The number of carbonyl (C=O) groups excluding carboxylic acids is 1. The zero-order valence-corrected chi connectivity index (χ0v) is 15.8. The van der Waals surface area contributed by atoms with Gasteiger partial charge in [0.05, 0.1) is 6.61 Å². The molecule has 1 heterocycles. The van der Waals surface area contributed by atoms with E-state index in [9.17, 15) is 4.79 Å². The lowest BCUT2D eigenvalue weighted by molar-refractivity contribution is -0.116. The van der Waals surface area contributed by atoms with E-state index in [1.54, 1.807) is 13.2 Å². The molecule has 0 saturated carbocycles. The van der Waals surface area contributed by atoms with E-state index in [2.05, 4.69) is 15.5 Å². The fourth-order valence-corrected chi connectivity index (χ4v) is 2.81. The van der Waals surface area contributed by atoms with Gasteiger partial charge in [0.1, 0.15) is 17.4 Å². The minimum absolute atomic E-state index is 0. The number of rotatable bonds is 8. The van der Waals surface area contributed by atoms with Gasteiger partial charge in [0, 0.05) is 18.6 Å². The van der Waals surface area contributed by atoms with Crippen LogP contribution in [0.3, 0.4) is 0 Å². The maximum atomic E-state index is 11.8. The molecule has 0 radical (unpaired) electrons. The second-order valence-corrected chi connectivity index (χ2v) is 6.34. The lowest BCUT2D eigenvalue weighted by Crippen LogP contribution is -2.12. The van der Waals surface area contributed by atoms with Crippen LogP contribution in [0.25, 0.3) is 0 Å². The highest BCUT2D eigenvalue weighted by atomic mass is 35.5. The summed E-state index contributed by atoms with van der Waals surface area (Å²) < 4.78 is 10.6. The summed E-state index contributed by atoms with van der Waals surface area (Å²) >= 11 is 7.19. The van der Waals surface area contributed by atoms with E-state index in [4.69, 9.17) is 21.1 Å². The van der Waals surface area contributed by atoms with Crippen LogP contribution in [-0.2, 0) is 16.1 Å². The first kappa shape index (κ1) is 20.6. The molecule has 0 aliphatic heterocycles. The van der Waals surface area contributed by atoms with Crippen molar-refractivity contribution in [2.45, 2.75) is 26.4 Å². The van der Waals surface area contributed by atoms with Crippen molar-refractivity contribution in [3.8, 4) is 5.75 Å². The van der Waals surface area contributed by atoms with Gasteiger partial charge in [-0.15, -0.1) is 22.6 Å². The molecule has 1 amide bonds. The number of nitrogens with one attached hydrogen (secondary N) is 1. The summed E-state index contributed by atoms with van der Waals surface area (Å²) in [7, 11) is 1.59. The average molecular weight is 392 g/mol. The molecule has 0 atom stereocenters. The molecule has 0 fully saturated rings. The summed E-state index contributed by atoms with van der Waals surface area (Å²) in [5.74, 6) is 0.671. The number of methoxy groups -OCH3 is 1. The van der Waals surface area contributed by atoms with E-state index < -0.39 is 0 Å². The number of hydrogen-bond donors (Lipinski definition) is 1. The summed E-state index contributed by atoms with van der Waals surface area (Å²) in [6.45, 7) is 2.78. The number of nitrogens with zero attached hydrogens (tertiary/aromatic N) is 2. The van der Waals surface area contributed by atoms with Gasteiger partial charge < -0.3 is 14.8 Å². The number of anilines is 1. The molecule has 2 aromatic rings. The average Bonchev–Trinajstić information content (AvgIpc) is 2.93. The molecule has 0 saturated heterocycles. The van der Waals surface area contributed by atoms with Crippen LogP contribution in [-0.4, -0.2) is 29.8 Å². The molecule has 1 aromatic carbocycles. The number of amides is 1. The Bertz CT molecular complexity index is 667. The second-order valence-electron chi connectivity index (χ2n) is 4.84. The van der Waals surface area contributed by atoms with Crippen LogP contribution >= 0.6 is 35.3 Å². The Hall–Kier alpha value is -1.41. The lowest BCUT2D eigenvalue weighted by atomic mass is 10.2. The van der Waals surface area contributed by atoms with Crippen molar-refractivity contribution in [3.63, 3.8) is 0 Å². The third-order valence-electron chi connectivity index (χ3n) is 2.92. The highest BCUT2D eigenvalue weighted by molar-refractivity contribution is 7.15. The fraction of sp³-hybridized carbons (Fsp3) is 0.400. The zero-order valence-electron chi connectivity index (χ0n) is 13.4. The molecular weight excluding hydrogens is 373 g/mol. The van der Waals surface area contributed by atoms with Crippen molar-refractivity contribution in [2.24, 2.45) is 0 Å². The quantitative estimate of drug-likeness (QED) is 0.691. The van der Waals surface area contributed by atoms with Crippen LogP contribution in [0.2, 0.25) is 5.02 Å². The van der Waals surface area contributed by atoms with E-state index >= 15 is 0 Å². The molecule has 132 valence electrons. The Morgan fingerprint density at radius 3 is 2.88 bits per heavy atom. The van der Waals surface area contributed by atoms with Crippen LogP contribution in [0.5, 0.6) is 5.75 Å². The largest absolute Gasteiger partial charge is 0.493 e. The highest BCUT2D eigenvalue weighted by Crippen LogP contribution is 2.22. The number of halogens is 2. The van der Waals surface area contributed by atoms with Crippen molar-refractivity contribution >= 4 is 46.4 Å². The number of aryl methyl sites for hydroxylation is 1. The van der Waals surface area contributed by atoms with Gasteiger partial charge >= 0.3 is 0 Å². The monoisotopic (exact) mass is 391 g/mol. The summed E-state index contributed by atoms with van der Waals surface area (Å²) in [4.78, 5) is 11.8. The van der Waals surface area contributed by atoms with E-state index in [1.165, 1.54) is 11.3 Å². The van der Waals surface area contributed by atoms with Gasteiger partial charge in [0.25, 0.3) is 0 Å². The molecule has 9 heteroatoms. The zero-order chi connectivity index (χ0) is 16.7. The maximum absolute atomic E-state index is 11.8. The molecule has 0 aliphatic rings. The first-order chi connectivity index (χ1) is 11.1. The van der Waals surface area contributed by atoms with Gasteiger partial charge in [0.15, 0.2) is 0 Å². The Balaban J connectivity index is 0.00000288. The highest BCUT2D eigenvalue weighted by Gasteiger charge is 2.08. The smallest absolute Gasteiger partial charge is 0.226 e. The number of carbonyl (C=O) groups is 1. The summed E-state index contributed by atoms with van der Waals surface area (Å²) in [6, 6.07) is 5.45. The minimum Gasteiger partial charge on any atom is -0.493 e. The van der Waals surface area contributed by atoms with Gasteiger partial charge in [-0.25, -0.2) is 0 Å². The molecular formula is C15H19Cl2N3O3S. The molecule has 2 rings (SSSR count). The maximum Gasteiger partial charge on any atom is 0.226 e. The first-order valence-corrected chi connectivity index (χ1v) is 8.28. The van der Waals surface area contributed by atoms with Crippen molar-refractivity contribution in [2.75, 3.05) is 19.0 Å². The van der Waals surface area contributed by atoms with Crippen LogP contribution in [0, 0.1) is 6.92 Å². The van der Waals surface area contributed by atoms with Crippen LogP contribution in [0.15, 0.2) is 18.2 Å². The number of ether oxygens (including phenoxy) is 2. The topological polar surface area (TPSA) is 73.3 Å². The standard InChI is InChI=1S/C15H18ClN3O3S.ClH/c1-10-8-11(16)5-6-12(10)22-7-3-4-13(20)17-15-19-18-14(23-15)9-21-2;/h5-6,8H,3-4,7,9H2,1-2H3,(H,17,19,20);1H.